The first-order valence-electron chi connectivity index (χ1n) is 5.51. The van der Waals surface area contributed by atoms with Crippen LogP contribution in [0.25, 0.3) is 0 Å². The Bertz CT molecular complexity index is 515. The number of hydrogen-bond acceptors (Lipinski definition) is 3. The zero-order valence-corrected chi connectivity index (χ0v) is 10.7. The van der Waals surface area contributed by atoms with Crippen molar-refractivity contribution in [3.8, 4) is 5.75 Å². The van der Waals surface area contributed by atoms with Crippen molar-refractivity contribution in [3.05, 3.63) is 51.7 Å². The van der Waals surface area contributed by atoms with Gasteiger partial charge in [0.1, 0.15) is 5.75 Å². The third-order valence-electron chi connectivity index (χ3n) is 2.67. The number of methoxy groups -OCH3 is 1. The molecule has 0 saturated carbocycles. The van der Waals surface area contributed by atoms with Crippen LogP contribution in [0.4, 0.5) is 0 Å². The second-order valence-electron chi connectivity index (χ2n) is 3.69. The summed E-state index contributed by atoms with van der Waals surface area (Å²) in [7, 11) is 1.65. The Morgan fingerprint density at radius 3 is 2.76 bits per heavy atom. The molecule has 0 saturated heterocycles. The van der Waals surface area contributed by atoms with Crippen LogP contribution in [0.2, 0.25) is 0 Å². The van der Waals surface area contributed by atoms with Crippen LogP contribution in [0.5, 0.6) is 5.75 Å². The van der Waals surface area contributed by atoms with Crippen molar-refractivity contribution in [1.82, 2.24) is 0 Å². The third kappa shape index (κ3) is 2.39. The minimum absolute atomic E-state index is 0.0809. The second kappa shape index (κ2) is 5.15. The van der Waals surface area contributed by atoms with Gasteiger partial charge in [-0.05, 0) is 41.6 Å². The molecule has 0 aliphatic heterocycles. The van der Waals surface area contributed by atoms with E-state index in [1.807, 2.05) is 35.7 Å². The average Bonchev–Trinajstić information content (AvgIpc) is 2.90. The normalized spacial score (nSPS) is 10.2. The fourth-order valence-electron chi connectivity index (χ4n) is 1.75. The van der Waals surface area contributed by atoms with E-state index >= 15 is 0 Å². The molecule has 0 unspecified atom stereocenters. The molecule has 88 valence electrons. The van der Waals surface area contributed by atoms with Gasteiger partial charge in [0.05, 0.1) is 12.0 Å². The van der Waals surface area contributed by atoms with Gasteiger partial charge in [0.25, 0.3) is 0 Å². The lowest BCUT2D eigenvalue weighted by Gasteiger charge is -2.08. The van der Waals surface area contributed by atoms with Crippen molar-refractivity contribution in [1.29, 1.82) is 0 Å². The summed E-state index contributed by atoms with van der Waals surface area (Å²) in [4.78, 5) is 12.9. The van der Waals surface area contributed by atoms with Crippen LogP contribution in [0.15, 0.2) is 35.7 Å². The molecule has 2 aromatic rings. The van der Waals surface area contributed by atoms with Crippen molar-refractivity contribution in [3.63, 3.8) is 0 Å². The predicted molar refractivity (Wildman–Crippen MR) is 70.1 cm³/mol. The van der Waals surface area contributed by atoms with E-state index in [0.717, 1.165) is 28.2 Å². The third-order valence-corrected chi connectivity index (χ3v) is 3.54. The lowest BCUT2D eigenvalue weighted by molar-refractivity contribution is 0.104. The largest absolute Gasteiger partial charge is 0.496 e. The van der Waals surface area contributed by atoms with Crippen LogP contribution in [-0.2, 0) is 6.42 Å². The SMILES string of the molecule is CCc1cc(C(=O)c2cccs2)ccc1OC. The highest BCUT2D eigenvalue weighted by atomic mass is 32.1. The van der Waals surface area contributed by atoms with Gasteiger partial charge in [0.2, 0.25) is 5.78 Å². The highest BCUT2D eigenvalue weighted by Gasteiger charge is 2.12. The molecule has 2 rings (SSSR count). The molecule has 1 aromatic heterocycles. The van der Waals surface area contributed by atoms with Gasteiger partial charge in [-0.2, -0.15) is 0 Å². The summed E-state index contributed by atoms with van der Waals surface area (Å²) in [6.07, 6.45) is 0.856. The van der Waals surface area contributed by atoms with E-state index in [2.05, 4.69) is 6.92 Å². The molecule has 1 heterocycles. The van der Waals surface area contributed by atoms with Crippen LogP contribution in [0.3, 0.4) is 0 Å². The number of hydrogen-bond donors (Lipinski definition) is 0. The fraction of sp³-hybridized carbons (Fsp3) is 0.214. The number of benzene rings is 1. The number of carbonyl (C=O) groups excluding carboxylic acids is 1. The molecule has 0 radical (unpaired) electrons. The molecule has 17 heavy (non-hydrogen) atoms. The number of ether oxygens (including phenoxy) is 1. The zero-order valence-electron chi connectivity index (χ0n) is 9.90. The standard InChI is InChI=1S/C14H14O2S/c1-3-10-9-11(6-7-12(10)16-2)14(15)13-5-4-8-17-13/h4-9H,3H2,1-2H3. The van der Waals surface area contributed by atoms with Crippen molar-refractivity contribution >= 4 is 17.1 Å². The van der Waals surface area contributed by atoms with Crippen molar-refractivity contribution < 1.29 is 9.53 Å². The van der Waals surface area contributed by atoms with E-state index in [9.17, 15) is 4.79 Å². The second-order valence-corrected chi connectivity index (χ2v) is 4.63. The maximum atomic E-state index is 12.1. The summed E-state index contributed by atoms with van der Waals surface area (Å²) in [5.74, 6) is 0.924. The first-order valence-corrected chi connectivity index (χ1v) is 6.39. The van der Waals surface area contributed by atoms with E-state index in [-0.39, 0.29) is 5.78 Å². The average molecular weight is 246 g/mol. The van der Waals surface area contributed by atoms with Crippen LogP contribution >= 0.6 is 11.3 Å². The zero-order chi connectivity index (χ0) is 12.3. The Labute approximate surface area is 105 Å². The molecular formula is C14H14O2S. The first kappa shape index (κ1) is 11.9. The van der Waals surface area contributed by atoms with Gasteiger partial charge in [0.15, 0.2) is 0 Å². The van der Waals surface area contributed by atoms with E-state index in [1.54, 1.807) is 7.11 Å². The lowest BCUT2D eigenvalue weighted by Crippen LogP contribution is -2.00. The molecule has 0 N–H and O–H groups in total. The maximum absolute atomic E-state index is 12.1. The molecule has 0 atom stereocenters. The molecule has 0 aliphatic rings. The molecule has 0 spiro atoms. The van der Waals surface area contributed by atoms with Gasteiger partial charge in [-0.1, -0.05) is 13.0 Å². The fourth-order valence-corrected chi connectivity index (χ4v) is 2.43. The first-order chi connectivity index (χ1) is 8.26. The topological polar surface area (TPSA) is 26.3 Å². The molecule has 1 aromatic carbocycles. The molecule has 2 nitrogen and oxygen atoms in total. The van der Waals surface area contributed by atoms with Crippen LogP contribution in [0.1, 0.15) is 27.7 Å². The van der Waals surface area contributed by atoms with Gasteiger partial charge in [-0.15, -0.1) is 11.3 Å². The lowest BCUT2D eigenvalue weighted by atomic mass is 10.0. The Kier molecular flexibility index (Phi) is 3.59. The molecule has 0 amide bonds. The van der Waals surface area contributed by atoms with Gasteiger partial charge < -0.3 is 4.74 Å². The summed E-state index contributed by atoms with van der Waals surface area (Å²) in [5, 5.41) is 1.91. The summed E-state index contributed by atoms with van der Waals surface area (Å²) < 4.78 is 5.25. The number of ketones is 1. The molecule has 0 fully saturated rings. The minimum Gasteiger partial charge on any atom is -0.496 e. The summed E-state index contributed by atoms with van der Waals surface area (Å²) >= 11 is 1.47. The van der Waals surface area contributed by atoms with E-state index in [0.29, 0.717) is 0 Å². The van der Waals surface area contributed by atoms with Gasteiger partial charge in [-0.25, -0.2) is 0 Å². The summed E-state index contributed by atoms with van der Waals surface area (Å²) in [6, 6.07) is 9.34. The Hall–Kier alpha value is -1.61. The molecule has 0 bridgehead atoms. The van der Waals surface area contributed by atoms with E-state index in [1.165, 1.54) is 11.3 Å². The quantitative estimate of drug-likeness (QED) is 0.771. The van der Waals surface area contributed by atoms with E-state index in [4.69, 9.17) is 4.74 Å². The highest BCUT2D eigenvalue weighted by molar-refractivity contribution is 7.12. The Balaban J connectivity index is 2.37. The smallest absolute Gasteiger partial charge is 0.202 e. The molecule has 3 heteroatoms. The number of aryl methyl sites for hydroxylation is 1. The van der Waals surface area contributed by atoms with Crippen molar-refractivity contribution in [2.75, 3.05) is 7.11 Å². The van der Waals surface area contributed by atoms with Gasteiger partial charge in [-0.3, -0.25) is 4.79 Å². The molecular weight excluding hydrogens is 232 g/mol. The molecule has 0 aliphatic carbocycles. The van der Waals surface area contributed by atoms with Crippen molar-refractivity contribution in [2.45, 2.75) is 13.3 Å². The van der Waals surface area contributed by atoms with Gasteiger partial charge >= 0.3 is 0 Å². The highest BCUT2D eigenvalue weighted by Crippen LogP contribution is 2.23. The Morgan fingerprint density at radius 2 is 2.18 bits per heavy atom. The van der Waals surface area contributed by atoms with Crippen LogP contribution in [0, 0.1) is 0 Å². The Morgan fingerprint density at radius 1 is 1.35 bits per heavy atom. The number of carbonyl (C=O) groups is 1. The summed E-state index contributed by atoms with van der Waals surface area (Å²) in [5.41, 5.74) is 1.79. The minimum atomic E-state index is 0.0809. The monoisotopic (exact) mass is 246 g/mol. The number of thiophene rings is 1. The predicted octanol–water partition coefficient (Wildman–Crippen LogP) is 3.55. The number of rotatable bonds is 4. The van der Waals surface area contributed by atoms with Crippen LogP contribution < -0.4 is 4.74 Å². The van der Waals surface area contributed by atoms with Crippen LogP contribution in [-0.4, -0.2) is 12.9 Å². The maximum Gasteiger partial charge on any atom is 0.202 e. The van der Waals surface area contributed by atoms with Crippen molar-refractivity contribution in [2.24, 2.45) is 0 Å². The van der Waals surface area contributed by atoms with E-state index < -0.39 is 0 Å². The van der Waals surface area contributed by atoms with Gasteiger partial charge in [0, 0.05) is 5.56 Å². The summed E-state index contributed by atoms with van der Waals surface area (Å²) in [6.45, 7) is 2.05.